The predicted molar refractivity (Wildman–Crippen MR) is 74.1 cm³/mol. The maximum absolute atomic E-state index is 11.8. The first kappa shape index (κ1) is 14.7. The normalized spacial score (nSPS) is 21.8. The van der Waals surface area contributed by atoms with Crippen molar-refractivity contribution in [3.8, 4) is 5.75 Å². The van der Waals surface area contributed by atoms with Crippen molar-refractivity contribution in [2.75, 3.05) is 12.4 Å². The van der Waals surface area contributed by atoms with Crippen molar-refractivity contribution in [1.82, 2.24) is 4.90 Å². The van der Waals surface area contributed by atoms with Crippen LogP contribution in [0.5, 0.6) is 5.75 Å². The first-order chi connectivity index (χ1) is 9.56. The summed E-state index contributed by atoms with van der Waals surface area (Å²) in [5, 5.41) is 10.8. The van der Waals surface area contributed by atoms with E-state index in [1.165, 1.54) is 23.6 Å². The molecule has 2 atom stereocenters. The van der Waals surface area contributed by atoms with Gasteiger partial charge in [0.2, 0.25) is 5.91 Å². The van der Waals surface area contributed by atoms with Gasteiger partial charge < -0.3 is 19.5 Å². The number of carboxylic acid groups (broad SMARTS) is 1. The quantitative estimate of drug-likeness (QED) is 0.821. The summed E-state index contributed by atoms with van der Waals surface area (Å²) in [5.41, 5.74) is 0.818. The van der Waals surface area contributed by atoms with Gasteiger partial charge >= 0.3 is 0 Å². The summed E-state index contributed by atoms with van der Waals surface area (Å²) >= 11 is 1.41. The molecular formula is C14H16NO4S-. The van der Waals surface area contributed by atoms with E-state index in [4.69, 9.17) is 4.74 Å². The van der Waals surface area contributed by atoms with Gasteiger partial charge in [-0.25, -0.2) is 0 Å². The van der Waals surface area contributed by atoms with Gasteiger partial charge in [0.1, 0.15) is 11.1 Å². The highest BCUT2D eigenvalue weighted by molar-refractivity contribution is 7.99. The molecule has 5 nitrogen and oxygen atoms in total. The van der Waals surface area contributed by atoms with Crippen LogP contribution >= 0.6 is 11.8 Å². The molecule has 1 aromatic rings. The van der Waals surface area contributed by atoms with Crippen LogP contribution < -0.4 is 9.84 Å². The third-order valence-electron chi connectivity index (χ3n) is 3.12. The summed E-state index contributed by atoms with van der Waals surface area (Å²) in [5.74, 6) is -0.491. The molecule has 0 aromatic heterocycles. The second-order valence-corrected chi connectivity index (χ2v) is 5.53. The first-order valence-corrected chi connectivity index (χ1v) is 7.44. The smallest absolute Gasteiger partial charge is 0.221 e. The Labute approximate surface area is 121 Å². The van der Waals surface area contributed by atoms with Crippen LogP contribution in [0.1, 0.15) is 24.8 Å². The van der Waals surface area contributed by atoms with Crippen molar-refractivity contribution in [3.05, 3.63) is 29.8 Å². The molecule has 2 unspecified atom stereocenters. The van der Waals surface area contributed by atoms with E-state index in [-0.39, 0.29) is 11.3 Å². The Kier molecular flexibility index (Phi) is 4.54. The molecule has 1 aliphatic heterocycles. The van der Waals surface area contributed by atoms with Crippen molar-refractivity contribution in [2.24, 2.45) is 0 Å². The van der Waals surface area contributed by atoms with Crippen LogP contribution in [0.15, 0.2) is 24.3 Å². The highest BCUT2D eigenvalue weighted by Gasteiger charge is 2.38. The second kappa shape index (κ2) is 6.17. The van der Waals surface area contributed by atoms with E-state index >= 15 is 0 Å². The summed E-state index contributed by atoms with van der Waals surface area (Å²) in [7, 11) is 0. The molecule has 1 heterocycles. The zero-order valence-corrected chi connectivity index (χ0v) is 12.2. The minimum Gasteiger partial charge on any atom is -0.548 e. The summed E-state index contributed by atoms with van der Waals surface area (Å²) < 4.78 is 5.56. The Balaban J connectivity index is 2.37. The minimum absolute atomic E-state index is 0.277. The summed E-state index contributed by atoms with van der Waals surface area (Å²) in [4.78, 5) is 24.3. The van der Waals surface area contributed by atoms with E-state index in [1.54, 1.807) is 0 Å². The number of ether oxygens (including phenoxy) is 1. The van der Waals surface area contributed by atoms with Crippen molar-refractivity contribution >= 4 is 23.6 Å². The molecule has 0 spiro atoms. The zero-order valence-electron chi connectivity index (χ0n) is 11.4. The number of amides is 1. The number of hydrogen-bond donors (Lipinski definition) is 0. The van der Waals surface area contributed by atoms with Crippen LogP contribution in [0.2, 0.25) is 0 Å². The molecule has 1 fully saturated rings. The lowest BCUT2D eigenvalue weighted by molar-refractivity contribution is -0.310. The van der Waals surface area contributed by atoms with E-state index in [0.717, 1.165) is 5.56 Å². The molecule has 0 radical (unpaired) electrons. The van der Waals surface area contributed by atoms with Crippen LogP contribution in [0.25, 0.3) is 0 Å². The highest BCUT2D eigenvalue weighted by Crippen LogP contribution is 2.44. The lowest BCUT2D eigenvalue weighted by Gasteiger charge is -2.29. The summed E-state index contributed by atoms with van der Waals surface area (Å²) in [6.45, 7) is 3.77. The van der Waals surface area contributed by atoms with Gasteiger partial charge in [0.25, 0.3) is 0 Å². The minimum atomic E-state index is -1.22. The molecule has 2 rings (SSSR count). The van der Waals surface area contributed by atoms with Gasteiger partial charge in [-0.3, -0.25) is 4.79 Å². The van der Waals surface area contributed by atoms with Gasteiger partial charge in [-0.2, -0.15) is 0 Å². The molecule has 1 aliphatic rings. The van der Waals surface area contributed by atoms with Gasteiger partial charge in [-0.05, 0) is 13.0 Å². The monoisotopic (exact) mass is 294 g/mol. The summed E-state index contributed by atoms with van der Waals surface area (Å²) in [6, 6.07) is 6.49. The van der Waals surface area contributed by atoms with Gasteiger partial charge in [0.05, 0.1) is 18.6 Å². The Morgan fingerprint density at radius 3 is 2.75 bits per heavy atom. The topological polar surface area (TPSA) is 69.7 Å². The summed E-state index contributed by atoms with van der Waals surface area (Å²) in [6.07, 6.45) is 0. The Morgan fingerprint density at radius 1 is 1.45 bits per heavy atom. The first-order valence-electron chi connectivity index (χ1n) is 6.39. The molecule has 0 N–H and O–H groups in total. The lowest BCUT2D eigenvalue weighted by Crippen LogP contribution is -2.48. The van der Waals surface area contributed by atoms with Crippen LogP contribution in [-0.2, 0) is 9.59 Å². The van der Waals surface area contributed by atoms with Crippen LogP contribution in [0, 0.1) is 0 Å². The number of nitrogens with zero attached hydrogens (tertiary/aromatic N) is 1. The van der Waals surface area contributed by atoms with Crippen molar-refractivity contribution < 1.29 is 19.4 Å². The molecule has 108 valence electrons. The molecule has 6 heteroatoms. The Morgan fingerprint density at radius 2 is 2.15 bits per heavy atom. The van der Waals surface area contributed by atoms with E-state index in [9.17, 15) is 14.7 Å². The number of thioether (sulfide) groups is 1. The predicted octanol–water partition coefficient (Wildman–Crippen LogP) is 0.798. The van der Waals surface area contributed by atoms with Crippen molar-refractivity contribution in [1.29, 1.82) is 0 Å². The van der Waals surface area contributed by atoms with E-state index in [1.807, 2.05) is 31.2 Å². The molecule has 0 aliphatic carbocycles. The number of hydrogen-bond acceptors (Lipinski definition) is 5. The number of rotatable bonds is 4. The maximum atomic E-state index is 11.8. The standard InChI is InChI=1S/C14H17NO4S/c1-3-19-12-7-5-4-6-10(12)13-15(9(2)16)11(8-20-13)14(17)18/h4-7,11,13H,3,8H2,1-2H3,(H,17,18)/p-1. The number of carbonyl (C=O) groups excluding carboxylic acids is 2. The van der Waals surface area contributed by atoms with Gasteiger partial charge in [-0.1, -0.05) is 18.2 Å². The number of carbonyl (C=O) groups is 2. The Bertz CT molecular complexity index is 520. The van der Waals surface area contributed by atoms with Crippen LogP contribution in [0.3, 0.4) is 0 Å². The molecule has 0 saturated carbocycles. The fourth-order valence-corrected chi connectivity index (χ4v) is 3.78. The van der Waals surface area contributed by atoms with Gasteiger partial charge in [-0.15, -0.1) is 11.8 Å². The molecule has 20 heavy (non-hydrogen) atoms. The Hall–Kier alpha value is -1.69. The number of para-hydroxylation sites is 1. The lowest BCUT2D eigenvalue weighted by atomic mass is 10.1. The van der Waals surface area contributed by atoms with Crippen LogP contribution in [-0.4, -0.2) is 35.2 Å². The van der Waals surface area contributed by atoms with E-state index < -0.39 is 12.0 Å². The van der Waals surface area contributed by atoms with Crippen molar-refractivity contribution in [2.45, 2.75) is 25.3 Å². The molecular weight excluding hydrogens is 278 g/mol. The third-order valence-corrected chi connectivity index (χ3v) is 4.43. The van der Waals surface area contributed by atoms with Gasteiger partial charge in [0.15, 0.2) is 0 Å². The zero-order chi connectivity index (χ0) is 14.7. The molecule has 0 bridgehead atoms. The van der Waals surface area contributed by atoms with E-state index in [0.29, 0.717) is 18.1 Å². The molecule has 1 amide bonds. The largest absolute Gasteiger partial charge is 0.548 e. The maximum Gasteiger partial charge on any atom is 0.221 e. The number of carboxylic acids is 1. The van der Waals surface area contributed by atoms with Crippen molar-refractivity contribution in [3.63, 3.8) is 0 Å². The molecule has 1 aromatic carbocycles. The average molecular weight is 294 g/mol. The highest BCUT2D eigenvalue weighted by atomic mass is 32.2. The number of benzene rings is 1. The SMILES string of the molecule is CCOc1ccccc1C1SCC(C(=O)[O-])N1C(C)=O. The fraction of sp³-hybridized carbons (Fsp3) is 0.429. The van der Waals surface area contributed by atoms with Crippen LogP contribution in [0.4, 0.5) is 0 Å². The fourth-order valence-electron chi connectivity index (χ4n) is 2.28. The average Bonchev–Trinajstić information content (AvgIpc) is 2.84. The van der Waals surface area contributed by atoms with Gasteiger partial charge in [0, 0.05) is 18.2 Å². The third kappa shape index (κ3) is 2.75. The molecule has 1 saturated heterocycles. The second-order valence-electron chi connectivity index (χ2n) is 4.42. The van der Waals surface area contributed by atoms with E-state index in [2.05, 4.69) is 0 Å². The number of aliphatic carboxylic acids is 1.